The molecule has 0 spiro atoms. The second kappa shape index (κ2) is 9.96. The number of allylic oxidation sites excluding steroid dienone is 2. The Morgan fingerprint density at radius 2 is 1.90 bits per heavy atom. The number of hydrogen-bond acceptors (Lipinski definition) is 3. The Hall–Kier alpha value is -2.57. The zero-order chi connectivity index (χ0) is 21.7. The zero-order valence-electron chi connectivity index (χ0n) is 17.5. The van der Waals surface area contributed by atoms with Crippen LogP contribution in [-0.2, 0) is 20.3 Å². The van der Waals surface area contributed by atoms with Crippen molar-refractivity contribution in [3.8, 4) is 0 Å². The summed E-state index contributed by atoms with van der Waals surface area (Å²) in [5.74, 6) is -0.415. The number of hydrogen-bond donors (Lipinski definition) is 1. The molecule has 4 nitrogen and oxygen atoms in total. The molecule has 30 heavy (non-hydrogen) atoms. The highest BCUT2D eigenvalue weighted by atomic mass is 32.2. The Labute approximate surface area is 179 Å². The largest absolute Gasteiger partial charge is 0.385 e. The van der Waals surface area contributed by atoms with Crippen molar-refractivity contribution >= 4 is 33.9 Å². The van der Waals surface area contributed by atoms with Gasteiger partial charge in [-0.05, 0) is 77.1 Å². The molecule has 0 heterocycles. The van der Waals surface area contributed by atoms with Crippen molar-refractivity contribution in [2.45, 2.75) is 24.7 Å². The fraction of sp³-hybridized carbons (Fsp3) is 0.292. The minimum absolute atomic E-state index is 0.0910. The standard InChI is InChI=1S/C24H26FNO3S/c1-16-21(13-17-5-8-19(9-6-17)30(3)28)20-10-7-18(25)14-23(20)22(16)15-24(27)26-11-4-12-29-2/h5-10,13-14H,4,11-12,15H2,1-3H3,(H,26,27). The fourth-order valence-corrected chi connectivity index (χ4v) is 4.09. The Kier molecular flexibility index (Phi) is 7.34. The number of nitrogens with one attached hydrogen (secondary N) is 1. The van der Waals surface area contributed by atoms with Crippen LogP contribution in [0.25, 0.3) is 17.2 Å². The molecule has 0 bridgehead atoms. The lowest BCUT2D eigenvalue weighted by Crippen LogP contribution is -2.25. The number of amides is 1. The first-order valence-electron chi connectivity index (χ1n) is 9.82. The lowest BCUT2D eigenvalue weighted by Gasteiger charge is -2.08. The van der Waals surface area contributed by atoms with Crippen LogP contribution < -0.4 is 5.32 Å². The van der Waals surface area contributed by atoms with Crippen LogP contribution in [0.2, 0.25) is 0 Å². The third-order valence-electron chi connectivity index (χ3n) is 5.16. The average Bonchev–Trinajstić information content (AvgIpc) is 2.97. The molecule has 0 fully saturated rings. The van der Waals surface area contributed by atoms with Crippen LogP contribution in [0.4, 0.5) is 4.39 Å². The van der Waals surface area contributed by atoms with Crippen LogP contribution in [0.3, 0.4) is 0 Å². The second-order valence-corrected chi connectivity index (χ2v) is 8.63. The topological polar surface area (TPSA) is 55.4 Å². The van der Waals surface area contributed by atoms with Crippen molar-refractivity contribution < 1.29 is 18.1 Å². The number of fused-ring (bicyclic) bond motifs is 1. The van der Waals surface area contributed by atoms with Crippen molar-refractivity contribution in [2.75, 3.05) is 26.5 Å². The van der Waals surface area contributed by atoms with Crippen LogP contribution in [0.1, 0.15) is 36.5 Å². The number of carbonyl (C=O) groups excluding carboxylic acids is 1. The van der Waals surface area contributed by atoms with Gasteiger partial charge in [-0.15, -0.1) is 0 Å². The molecular weight excluding hydrogens is 401 g/mol. The Bertz CT molecular complexity index is 1030. The van der Waals surface area contributed by atoms with Crippen LogP contribution >= 0.6 is 0 Å². The van der Waals surface area contributed by atoms with Crippen molar-refractivity contribution in [3.63, 3.8) is 0 Å². The van der Waals surface area contributed by atoms with Crippen molar-refractivity contribution in [3.05, 3.63) is 70.5 Å². The van der Waals surface area contributed by atoms with E-state index in [1.807, 2.05) is 37.3 Å². The first-order valence-corrected chi connectivity index (χ1v) is 11.4. The molecule has 1 amide bonds. The van der Waals surface area contributed by atoms with Gasteiger partial charge in [-0.25, -0.2) is 4.39 Å². The van der Waals surface area contributed by atoms with Crippen LogP contribution in [0, 0.1) is 5.82 Å². The summed E-state index contributed by atoms with van der Waals surface area (Å²) in [4.78, 5) is 13.2. The summed E-state index contributed by atoms with van der Waals surface area (Å²) in [5.41, 5.74) is 5.41. The lowest BCUT2D eigenvalue weighted by molar-refractivity contribution is -0.120. The van der Waals surface area contributed by atoms with E-state index in [4.69, 9.17) is 4.74 Å². The molecule has 1 atom stereocenters. The number of benzene rings is 2. The molecule has 6 heteroatoms. The van der Waals surface area contributed by atoms with E-state index in [1.54, 1.807) is 19.4 Å². The molecule has 2 aromatic carbocycles. The summed E-state index contributed by atoms with van der Waals surface area (Å²) < 4.78 is 30.6. The van der Waals surface area contributed by atoms with E-state index in [9.17, 15) is 13.4 Å². The lowest BCUT2D eigenvalue weighted by atomic mass is 10.0. The summed E-state index contributed by atoms with van der Waals surface area (Å²) in [7, 11) is 0.600. The summed E-state index contributed by atoms with van der Waals surface area (Å²) in [6.45, 7) is 3.10. The van der Waals surface area contributed by atoms with Crippen LogP contribution in [-0.4, -0.2) is 36.6 Å². The van der Waals surface area contributed by atoms with E-state index < -0.39 is 10.8 Å². The minimum atomic E-state index is -1.03. The maximum Gasteiger partial charge on any atom is 0.224 e. The molecular formula is C24H26FNO3S. The average molecular weight is 428 g/mol. The quantitative estimate of drug-likeness (QED) is 0.634. The number of methoxy groups -OCH3 is 1. The zero-order valence-corrected chi connectivity index (χ0v) is 18.3. The van der Waals surface area contributed by atoms with E-state index in [-0.39, 0.29) is 18.1 Å². The highest BCUT2D eigenvalue weighted by Gasteiger charge is 2.25. The number of halogens is 1. The molecule has 158 valence electrons. The monoisotopic (exact) mass is 427 g/mol. The first kappa shape index (κ1) is 22.1. The molecule has 1 aliphatic rings. The third-order valence-corrected chi connectivity index (χ3v) is 6.10. The highest BCUT2D eigenvalue weighted by Crippen LogP contribution is 2.43. The highest BCUT2D eigenvalue weighted by molar-refractivity contribution is 7.84. The molecule has 1 aliphatic carbocycles. The van der Waals surface area contributed by atoms with Gasteiger partial charge in [0.2, 0.25) is 5.91 Å². The van der Waals surface area contributed by atoms with Crippen LogP contribution in [0.5, 0.6) is 0 Å². The minimum Gasteiger partial charge on any atom is -0.385 e. The molecule has 0 saturated heterocycles. The predicted octanol–water partition coefficient (Wildman–Crippen LogP) is 4.43. The van der Waals surface area contributed by atoms with Crippen LogP contribution in [0.15, 0.2) is 52.9 Å². The van der Waals surface area contributed by atoms with Gasteiger partial charge in [0.25, 0.3) is 0 Å². The van der Waals surface area contributed by atoms with Gasteiger partial charge in [0.15, 0.2) is 0 Å². The number of ether oxygens (including phenoxy) is 1. The molecule has 3 rings (SSSR count). The van der Waals surface area contributed by atoms with Gasteiger partial charge in [0.05, 0.1) is 6.42 Å². The summed E-state index contributed by atoms with van der Waals surface area (Å²) in [6.07, 6.45) is 4.61. The van der Waals surface area contributed by atoms with Gasteiger partial charge in [0, 0.05) is 42.2 Å². The van der Waals surface area contributed by atoms with Gasteiger partial charge < -0.3 is 10.1 Å². The molecule has 0 aliphatic heterocycles. The van der Waals surface area contributed by atoms with E-state index in [1.165, 1.54) is 12.1 Å². The Morgan fingerprint density at radius 3 is 2.57 bits per heavy atom. The predicted molar refractivity (Wildman–Crippen MR) is 120 cm³/mol. The van der Waals surface area contributed by atoms with Crippen molar-refractivity contribution in [1.82, 2.24) is 5.32 Å². The molecule has 1 N–H and O–H groups in total. The maximum atomic E-state index is 14.0. The number of carbonyl (C=O) groups is 1. The van der Waals surface area contributed by atoms with Gasteiger partial charge in [-0.3, -0.25) is 9.00 Å². The van der Waals surface area contributed by atoms with Gasteiger partial charge in [-0.1, -0.05) is 18.2 Å². The second-order valence-electron chi connectivity index (χ2n) is 7.25. The molecule has 2 aromatic rings. The van der Waals surface area contributed by atoms with E-state index in [0.717, 1.165) is 44.7 Å². The summed E-state index contributed by atoms with van der Waals surface area (Å²) >= 11 is 0. The van der Waals surface area contributed by atoms with Crippen molar-refractivity contribution in [2.24, 2.45) is 0 Å². The maximum absolute atomic E-state index is 14.0. The molecule has 1 unspecified atom stereocenters. The first-order chi connectivity index (χ1) is 14.4. The Balaban J connectivity index is 1.90. The summed E-state index contributed by atoms with van der Waals surface area (Å²) in [6, 6.07) is 12.2. The third kappa shape index (κ3) is 5.12. The number of rotatable bonds is 8. The van der Waals surface area contributed by atoms with Gasteiger partial charge in [0.1, 0.15) is 5.82 Å². The summed E-state index contributed by atoms with van der Waals surface area (Å²) in [5, 5.41) is 2.90. The van der Waals surface area contributed by atoms with Gasteiger partial charge >= 0.3 is 0 Å². The van der Waals surface area contributed by atoms with E-state index in [0.29, 0.717) is 13.2 Å². The van der Waals surface area contributed by atoms with Gasteiger partial charge in [-0.2, -0.15) is 0 Å². The van der Waals surface area contributed by atoms with E-state index in [2.05, 4.69) is 5.32 Å². The Morgan fingerprint density at radius 1 is 1.17 bits per heavy atom. The molecule has 0 saturated carbocycles. The molecule has 0 aromatic heterocycles. The fourth-order valence-electron chi connectivity index (χ4n) is 3.57. The molecule has 0 radical (unpaired) electrons. The van der Waals surface area contributed by atoms with Crippen molar-refractivity contribution in [1.29, 1.82) is 0 Å². The van der Waals surface area contributed by atoms with E-state index >= 15 is 0 Å². The SMILES string of the molecule is COCCCNC(=O)CC1=C(C)C(=Cc2ccc(S(C)=O)cc2)c2ccc(F)cc21. The normalized spacial score (nSPS) is 15.4. The smallest absolute Gasteiger partial charge is 0.224 e.